The van der Waals surface area contributed by atoms with Crippen LogP contribution in [0.25, 0.3) is 0 Å². The van der Waals surface area contributed by atoms with Crippen LogP contribution in [-0.2, 0) is 12.0 Å². The zero-order valence-corrected chi connectivity index (χ0v) is 18.4. The van der Waals surface area contributed by atoms with Crippen molar-refractivity contribution in [3.63, 3.8) is 0 Å². The Bertz CT molecular complexity index is 742. The maximum Gasteiger partial charge on any atom is 0.319 e. The van der Waals surface area contributed by atoms with Gasteiger partial charge in [-0.1, -0.05) is 43.2 Å². The highest BCUT2D eigenvalue weighted by Gasteiger charge is 2.35. The molecule has 1 aromatic heterocycles. The van der Waals surface area contributed by atoms with Gasteiger partial charge in [0.25, 0.3) is 0 Å². The first-order valence-corrected chi connectivity index (χ1v) is 9.52. The van der Waals surface area contributed by atoms with E-state index in [4.69, 9.17) is 0 Å². The molecule has 3 rings (SSSR count). The summed E-state index contributed by atoms with van der Waals surface area (Å²) in [7, 11) is 0. The highest BCUT2D eigenvalue weighted by atomic mass is 127. The van der Waals surface area contributed by atoms with Crippen LogP contribution in [-0.4, -0.2) is 28.6 Å². The Morgan fingerprint density at radius 3 is 2.57 bits per heavy atom. The van der Waals surface area contributed by atoms with Crippen LogP contribution in [0.2, 0.25) is 0 Å². The number of halogens is 3. The molecule has 1 fully saturated rings. The molecule has 28 heavy (non-hydrogen) atoms. The summed E-state index contributed by atoms with van der Waals surface area (Å²) in [5.41, 5.74) is 1.44. The number of benzene rings is 1. The van der Waals surface area contributed by atoms with Gasteiger partial charge in [0.2, 0.25) is 0 Å². The quantitative estimate of drug-likeness (QED) is 0.333. The maximum absolute atomic E-state index is 13.0. The number of aromatic nitrogens is 2. The third-order valence-electron chi connectivity index (χ3n) is 5.22. The molecule has 2 aromatic rings. The molecule has 0 saturated heterocycles. The first-order chi connectivity index (χ1) is 13.1. The molecule has 5 nitrogen and oxygen atoms in total. The zero-order valence-electron chi connectivity index (χ0n) is 16.1. The lowest BCUT2D eigenvalue weighted by Crippen LogP contribution is -2.44. The van der Waals surface area contributed by atoms with Crippen molar-refractivity contribution in [2.75, 3.05) is 13.1 Å². The van der Waals surface area contributed by atoms with Crippen LogP contribution in [0, 0.1) is 0 Å². The number of nitrogens with one attached hydrogen (secondary N) is 2. The molecular formula is C20H28F2IN5. The Labute approximate surface area is 182 Å². The number of nitrogens with zero attached hydrogens (tertiary/aromatic N) is 3. The second kappa shape index (κ2) is 10.7. The SMILES string of the molecule is CCNC(=NCc1nccn1C(F)F)NCC1(c2ccccc2)CCCC1.I. The van der Waals surface area contributed by atoms with Gasteiger partial charge in [-0.3, -0.25) is 4.57 Å². The van der Waals surface area contributed by atoms with Gasteiger partial charge >= 0.3 is 6.55 Å². The lowest BCUT2D eigenvalue weighted by molar-refractivity contribution is 0.0671. The largest absolute Gasteiger partial charge is 0.357 e. The molecule has 1 aromatic carbocycles. The molecule has 0 amide bonds. The Balaban J connectivity index is 0.00000280. The van der Waals surface area contributed by atoms with E-state index in [0.29, 0.717) is 12.5 Å². The third kappa shape index (κ3) is 5.42. The van der Waals surface area contributed by atoms with Gasteiger partial charge in [-0.2, -0.15) is 8.78 Å². The minimum absolute atomic E-state index is 0. The van der Waals surface area contributed by atoms with Crippen LogP contribution >= 0.6 is 24.0 Å². The lowest BCUT2D eigenvalue weighted by atomic mass is 9.79. The number of rotatable bonds is 7. The van der Waals surface area contributed by atoms with Gasteiger partial charge in [-0.05, 0) is 25.3 Å². The summed E-state index contributed by atoms with van der Waals surface area (Å²) < 4.78 is 26.8. The Kier molecular flexibility index (Phi) is 8.65. The zero-order chi connectivity index (χ0) is 19.1. The molecule has 1 aliphatic carbocycles. The van der Waals surface area contributed by atoms with E-state index in [1.54, 1.807) is 0 Å². The minimum Gasteiger partial charge on any atom is -0.357 e. The summed E-state index contributed by atoms with van der Waals surface area (Å²) in [6.07, 6.45) is 7.36. The number of imidazole rings is 1. The fourth-order valence-electron chi connectivity index (χ4n) is 3.80. The van der Waals surface area contributed by atoms with Gasteiger partial charge in [-0.15, -0.1) is 24.0 Å². The Hall–Kier alpha value is -1.71. The summed E-state index contributed by atoms with van der Waals surface area (Å²) in [5, 5.41) is 6.63. The third-order valence-corrected chi connectivity index (χ3v) is 5.22. The molecule has 0 unspecified atom stereocenters. The summed E-state index contributed by atoms with van der Waals surface area (Å²) in [6.45, 7) is 0.956. The number of guanidine groups is 1. The molecule has 154 valence electrons. The van der Waals surface area contributed by atoms with Crippen LogP contribution in [0.5, 0.6) is 0 Å². The van der Waals surface area contributed by atoms with Gasteiger partial charge in [0.1, 0.15) is 12.4 Å². The number of alkyl halides is 2. The van der Waals surface area contributed by atoms with Crippen molar-refractivity contribution < 1.29 is 8.78 Å². The fourth-order valence-corrected chi connectivity index (χ4v) is 3.80. The maximum atomic E-state index is 13.0. The second-order valence-corrected chi connectivity index (χ2v) is 6.93. The van der Waals surface area contributed by atoms with E-state index in [2.05, 4.69) is 44.9 Å². The number of hydrogen-bond acceptors (Lipinski definition) is 2. The fraction of sp³-hybridized carbons (Fsp3) is 0.500. The molecule has 1 saturated carbocycles. The number of hydrogen-bond donors (Lipinski definition) is 2. The molecule has 0 bridgehead atoms. The second-order valence-electron chi connectivity index (χ2n) is 6.93. The molecular weight excluding hydrogens is 475 g/mol. The molecule has 1 aliphatic rings. The van der Waals surface area contributed by atoms with Gasteiger partial charge in [0, 0.05) is 30.9 Å². The lowest BCUT2D eigenvalue weighted by Gasteiger charge is -2.30. The monoisotopic (exact) mass is 503 g/mol. The van der Waals surface area contributed by atoms with Crippen molar-refractivity contribution in [3.8, 4) is 0 Å². The van der Waals surface area contributed by atoms with Gasteiger partial charge < -0.3 is 10.6 Å². The van der Waals surface area contributed by atoms with Gasteiger partial charge in [-0.25, -0.2) is 9.98 Å². The summed E-state index contributed by atoms with van der Waals surface area (Å²) in [6, 6.07) is 10.6. The van der Waals surface area contributed by atoms with E-state index < -0.39 is 6.55 Å². The van der Waals surface area contributed by atoms with E-state index >= 15 is 0 Å². The van der Waals surface area contributed by atoms with Crippen LogP contribution in [0.4, 0.5) is 8.78 Å². The van der Waals surface area contributed by atoms with Crippen LogP contribution in [0.1, 0.15) is 50.5 Å². The standard InChI is InChI=1S/C20H27F2N5.HI/c1-2-23-19(25-14-17-24-12-13-27(17)18(21)22)26-15-20(10-6-7-11-20)16-8-4-3-5-9-16;/h3-5,8-9,12-13,18H,2,6-7,10-11,14-15H2,1H3,(H2,23,25,26);1H. The van der Waals surface area contributed by atoms with Gasteiger partial charge in [0.05, 0.1) is 0 Å². The molecule has 0 atom stereocenters. The Morgan fingerprint density at radius 2 is 1.93 bits per heavy atom. The van der Waals surface area contributed by atoms with Crippen LogP contribution < -0.4 is 10.6 Å². The van der Waals surface area contributed by atoms with E-state index in [0.717, 1.165) is 24.0 Å². The van der Waals surface area contributed by atoms with Crippen LogP contribution in [0.15, 0.2) is 47.7 Å². The Morgan fingerprint density at radius 1 is 1.21 bits per heavy atom. The predicted octanol–water partition coefficient (Wildman–Crippen LogP) is 4.46. The van der Waals surface area contributed by atoms with Crippen LogP contribution in [0.3, 0.4) is 0 Å². The smallest absolute Gasteiger partial charge is 0.319 e. The van der Waals surface area contributed by atoms with E-state index in [-0.39, 0.29) is 41.8 Å². The van der Waals surface area contributed by atoms with E-state index in [1.807, 2.05) is 13.0 Å². The predicted molar refractivity (Wildman–Crippen MR) is 118 cm³/mol. The average Bonchev–Trinajstić information content (AvgIpc) is 3.35. The molecule has 0 aliphatic heterocycles. The molecule has 0 spiro atoms. The van der Waals surface area contributed by atoms with E-state index in [1.165, 1.54) is 30.8 Å². The summed E-state index contributed by atoms with van der Waals surface area (Å²) in [4.78, 5) is 8.45. The first-order valence-electron chi connectivity index (χ1n) is 9.52. The number of aliphatic imine (C=N–C) groups is 1. The van der Waals surface area contributed by atoms with Crippen molar-refractivity contribution in [2.45, 2.75) is 51.1 Å². The average molecular weight is 503 g/mol. The van der Waals surface area contributed by atoms with Crippen molar-refractivity contribution in [1.29, 1.82) is 0 Å². The van der Waals surface area contributed by atoms with Crippen molar-refractivity contribution in [1.82, 2.24) is 20.2 Å². The van der Waals surface area contributed by atoms with Crippen molar-refractivity contribution >= 4 is 29.9 Å². The summed E-state index contributed by atoms with van der Waals surface area (Å²) >= 11 is 0. The molecule has 1 heterocycles. The van der Waals surface area contributed by atoms with E-state index in [9.17, 15) is 8.78 Å². The normalized spacial score (nSPS) is 16.1. The van der Waals surface area contributed by atoms with Crippen molar-refractivity contribution in [2.24, 2.45) is 4.99 Å². The topological polar surface area (TPSA) is 54.2 Å². The minimum atomic E-state index is -2.60. The molecule has 2 N–H and O–H groups in total. The van der Waals surface area contributed by atoms with Gasteiger partial charge in [0.15, 0.2) is 5.96 Å². The highest BCUT2D eigenvalue weighted by Crippen LogP contribution is 2.40. The van der Waals surface area contributed by atoms with Crippen molar-refractivity contribution in [3.05, 3.63) is 54.1 Å². The highest BCUT2D eigenvalue weighted by molar-refractivity contribution is 14.0. The summed E-state index contributed by atoms with van der Waals surface area (Å²) in [5.74, 6) is 0.879. The molecule has 8 heteroatoms. The molecule has 0 radical (unpaired) electrons. The first kappa shape index (κ1) is 22.6.